The molecule has 0 aromatic heterocycles. The smallest absolute Gasteiger partial charge is 0.251 e. The molecule has 2 N–H and O–H groups in total. The van der Waals surface area contributed by atoms with E-state index in [9.17, 15) is 13.2 Å². The summed E-state index contributed by atoms with van der Waals surface area (Å²) in [4.78, 5) is 12.0. The second-order valence-electron chi connectivity index (χ2n) is 4.07. The molecule has 1 aromatic carbocycles. The minimum atomic E-state index is -3.55. The van der Waals surface area contributed by atoms with Crippen molar-refractivity contribution < 1.29 is 17.9 Å². The summed E-state index contributed by atoms with van der Waals surface area (Å²) in [6.45, 7) is 2.19. The van der Waals surface area contributed by atoms with E-state index in [-0.39, 0.29) is 16.8 Å². The SMILES string of the molecule is CNS(=O)(=O)c1cccc(C(=O)NC(C)COC)c1. The molecule has 106 valence electrons. The van der Waals surface area contributed by atoms with Gasteiger partial charge in [-0.3, -0.25) is 4.79 Å². The molecule has 1 atom stereocenters. The van der Waals surface area contributed by atoms with E-state index in [2.05, 4.69) is 10.0 Å². The number of hydrogen-bond acceptors (Lipinski definition) is 4. The van der Waals surface area contributed by atoms with Gasteiger partial charge >= 0.3 is 0 Å². The Morgan fingerprint density at radius 1 is 1.42 bits per heavy atom. The molecule has 0 spiro atoms. The van der Waals surface area contributed by atoms with Gasteiger partial charge in [0.2, 0.25) is 10.0 Å². The minimum Gasteiger partial charge on any atom is -0.383 e. The largest absolute Gasteiger partial charge is 0.383 e. The molecule has 0 bridgehead atoms. The van der Waals surface area contributed by atoms with E-state index in [1.165, 1.54) is 25.2 Å². The molecular formula is C12H18N2O4S. The van der Waals surface area contributed by atoms with E-state index < -0.39 is 10.0 Å². The van der Waals surface area contributed by atoms with Crippen LogP contribution in [-0.2, 0) is 14.8 Å². The lowest BCUT2D eigenvalue weighted by Gasteiger charge is -2.13. The van der Waals surface area contributed by atoms with Gasteiger partial charge in [-0.2, -0.15) is 0 Å². The number of nitrogens with one attached hydrogen (secondary N) is 2. The third-order valence-corrected chi connectivity index (χ3v) is 3.88. The average Bonchev–Trinajstić information content (AvgIpc) is 2.39. The van der Waals surface area contributed by atoms with E-state index in [0.717, 1.165) is 0 Å². The standard InChI is InChI=1S/C12H18N2O4S/c1-9(8-18-3)14-12(15)10-5-4-6-11(7-10)19(16,17)13-2/h4-7,9,13H,8H2,1-3H3,(H,14,15). The molecule has 0 heterocycles. The van der Waals surface area contributed by atoms with E-state index in [1.54, 1.807) is 20.1 Å². The van der Waals surface area contributed by atoms with Crippen LogP contribution < -0.4 is 10.0 Å². The quantitative estimate of drug-likeness (QED) is 0.791. The molecule has 6 nitrogen and oxygen atoms in total. The van der Waals surface area contributed by atoms with E-state index >= 15 is 0 Å². The molecule has 0 saturated heterocycles. The van der Waals surface area contributed by atoms with Crippen LogP contribution in [0.3, 0.4) is 0 Å². The summed E-state index contributed by atoms with van der Waals surface area (Å²) >= 11 is 0. The number of rotatable bonds is 6. The van der Waals surface area contributed by atoms with Crippen LogP contribution in [0.2, 0.25) is 0 Å². The lowest BCUT2D eigenvalue weighted by Crippen LogP contribution is -2.35. The first kappa shape index (κ1) is 15.6. The summed E-state index contributed by atoms with van der Waals surface area (Å²) in [5, 5.41) is 2.71. The second kappa shape index (κ2) is 6.65. The number of carbonyl (C=O) groups excluding carboxylic acids is 1. The predicted octanol–water partition coefficient (Wildman–Crippen LogP) is 0.359. The van der Waals surface area contributed by atoms with Crippen molar-refractivity contribution in [1.82, 2.24) is 10.0 Å². The highest BCUT2D eigenvalue weighted by Gasteiger charge is 2.15. The molecule has 19 heavy (non-hydrogen) atoms. The Bertz CT molecular complexity index is 542. The summed E-state index contributed by atoms with van der Waals surface area (Å²) < 4.78 is 30.4. The molecule has 0 saturated carbocycles. The fourth-order valence-electron chi connectivity index (χ4n) is 1.52. The molecule has 7 heteroatoms. The number of ether oxygens (including phenoxy) is 1. The molecule has 0 fully saturated rings. The average molecular weight is 286 g/mol. The molecule has 1 rings (SSSR count). The zero-order valence-corrected chi connectivity index (χ0v) is 12.0. The van der Waals surface area contributed by atoms with Gasteiger partial charge in [0.05, 0.1) is 11.5 Å². The van der Waals surface area contributed by atoms with Gasteiger partial charge < -0.3 is 10.1 Å². The van der Waals surface area contributed by atoms with Crippen molar-refractivity contribution in [2.45, 2.75) is 17.9 Å². The van der Waals surface area contributed by atoms with E-state index in [1.807, 2.05) is 0 Å². The number of benzene rings is 1. The molecule has 0 radical (unpaired) electrons. The van der Waals surface area contributed by atoms with Crippen LogP contribution in [0, 0.1) is 0 Å². The van der Waals surface area contributed by atoms with Gasteiger partial charge in [-0.15, -0.1) is 0 Å². The number of amides is 1. The van der Waals surface area contributed by atoms with Crippen molar-refractivity contribution in [3.8, 4) is 0 Å². The van der Waals surface area contributed by atoms with Crippen LogP contribution in [0.5, 0.6) is 0 Å². The van der Waals surface area contributed by atoms with E-state index in [4.69, 9.17) is 4.74 Å². The Morgan fingerprint density at radius 2 is 2.11 bits per heavy atom. The normalized spacial score (nSPS) is 13.0. The van der Waals surface area contributed by atoms with Gasteiger partial charge in [0.25, 0.3) is 5.91 Å². The monoisotopic (exact) mass is 286 g/mol. The summed E-state index contributed by atoms with van der Waals surface area (Å²) in [7, 11) is -0.681. The molecule has 1 unspecified atom stereocenters. The Hall–Kier alpha value is -1.44. The van der Waals surface area contributed by atoms with Crippen LogP contribution in [-0.4, -0.2) is 41.1 Å². The summed E-state index contributed by atoms with van der Waals surface area (Å²) in [6, 6.07) is 5.70. The Balaban J connectivity index is 2.91. The molecule has 1 amide bonds. The first-order valence-electron chi connectivity index (χ1n) is 5.74. The lowest BCUT2D eigenvalue weighted by atomic mass is 10.2. The number of hydrogen-bond donors (Lipinski definition) is 2. The zero-order chi connectivity index (χ0) is 14.5. The van der Waals surface area contributed by atoms with Gasteiger partial charge in [0, 0.05) is 18.7 Å². The number of sulfonamides is 1. The minimum absolute atomic E-state index is 0.0574. The van der Waals surface area contributed by atoms with E-state index in [0.29, 0.717) is 12.2 Å². The van der Waals surface area contributed by atoms with Crippen molar-refractivity contribution in [3.05, 3.63) is 29.8 Å². The van der Waals surface area contributed by atoms with Gasteiger partial charge in [-0.05, 0) is 32.2 Å². The first-order valence-corrected chi connectivity index (χ1v) is 7.22. The van der Waals surface area contributed by atoms with Crippen LogP contribution in [0.15, 0.2) is 29.2 Å². The van der Waals surface area contributed by atoms with Crippen molar-refractivity contribution in [2.24, 2.45) is 0 Å². The lowest BCUT2D eigenvalue weighted by molar-refractivity contribution is 0.0905. The van der Waals surface area contributed by atoms with Gasteiger partial charge in [0.15, 0.2) is 0 Å². The third kappa shape index (κ3) is 4.30. The topological polar surface area (TPSA) is 84.5 Å². The van der Waals surface area contributed by atoms with Crippen LogP contribution in [0.25, 0.3) is 0 Å². The Labute approximate surface area is 113 Å². The van der Waals surface area contributed by atoms with Crippen LogP contribution in [0.1, 0.15) is 17.3 Å². The Kier molecular flexibility index (Phi) is 5.46. The summed E-state index contributed by atoms with van der Waals surface area (Å²) in [6.07, 6.45) is 0. The van der Waals surface area contributed by atoms with Crippen LogP contribution >= 0.6 is 0 Å². The maximum absolute atomic E-state index is 11.9. The highest BCUT2D eigenvalue weighted by atomic mass is 32.2. The fraction of sp³-hybridized carbons (Fsp3) is 0.417. The fourth-order valence-corrected chi connectivity index (χ4v) is 2.30. The molecule has 0 aliphatic rings. The number of methoxy groups -OCH3 is 1. The van der Waals surface area contributed by atoms with Crippen molar-refractivity contribution in [3.63, 3.8) is 0 Å². The highest BCUT2D eigenvalue weighted by molar-refractivity contribution is 7.89. The molecule has 0 aliphatic heterocycles. The first-order chi connectivity index (χ1) is 8.90. The maximum atomic E-state index is 11.9. The Morgan fingerprint density at radius 3 is 2.68 bits per heavy atom. The van der Waals surface area contributed by atoms with Crippen molar-refractivity contribution in [1.29, 1.82) is 0 Å². The molecular weight excluding hydrogens is 268 g/mol. The zero-order valence-electron chi connectivity index (χ0n) is 11.1. The predicted molar refractivity (Wildman–Crippen MR) is 71.5 cm³/mol. The summed E-state index contributed by atoms with van der Waals surface area (Å²) in [5.41, 5.74) is 0.291. The van der Waals surface area contributed by atoms with Crippen LogP contribution in [0.4, 0.5) is 0 Å². The molecule has 0 aliphatic carbocycles. The second-order valence-corrected chi connectivity index (χ2v) is 5.95. The maximum Gasteiger partial charge on any atom is 0.251 e. The van der Waals surface area contributed by atoms with Crippen molar-refractivity contribution in [2.75, 3.05) is 20.8 Å². The highest BCUT2D eigenvalue weighted by Crippen LogP contribution is 2.11. The third-order valence-electron chi connectivity index (χ3n) is 2.47. The van der Waals surface area contributed by atoms with Gasteiger partial charge in [0.1, 0.15) is 0 Å². The van der Waals surface area contributed by atoms with Crippen molar-refractivity contribution >= 4 is 15.9 Å². The van der Waals surface area contributed by atoms with Gasteiger partial charge in [-0.25, -0.2) is 13.1 Å². The number of carbonyl (C=O) groups is 1. The molecule has 1 aromatic rings. The summed E-state index contributed by atoms with van der Waals surface area (Å²) in [5.74, 6) is -0.335. The van der Waals surface area contributed by atoms with Gasteiger partial charge in [-0.1, -0.05) is 6.07 Å².